The number of ether oxygens (including phenoxy) is 3. The van der Waals surface area contributed by atoms with Crippen LogP contribution in [0.1, 0.15) is 41.6 Å². The Bertz CT molecular complexity index is 1250. The zero-order chi connectivity index (χ0) is 22.2. The molecule has 2 aliphatic rings. The minimum absolute atomic E-state index is 0.0137. The van der Waals surface area contributed by atoms with Crippen molar-refractivity contribution in [3.8, 4) is 22.6 Å². The van der Waals surface area contributed by atoms with Crippen molar-refractivity contribution >= 4 is 5.97 Å². The molecule has 5 rings (SSSR count). The lowest BCUT2D eigenvalue weighted by Crippen LogP contribution is -2.14. The number of fused-ring (bicyclic) bond motifs is 2. The fourth-order valence-corrected chi connectivity index (χ4v) is 4.67. The first-order chi connectivity index (χ1) is 15.5. The molecule has 0 saturated heterocycles. The lowest BCUT2D eigenvalue weighted by atomic mass is 9.97. The topological polar surface area (TPSA) is 66.8 Å². The summed E-state index contributed by atoms with van der Waals surface area (Å²) in [6.45, 7) is 0.472. The van der Waals surface area contributed by atoms with E-state index in [2.05, 4.69) is 12.1 Å². The Balaban J connectivity index is 1.38. The summed E-state index contributed by atoms with van der Waals surface area (Å²) in [6, 6.07) is 15.7. The molecule has 0 spiro atoms. The Morgan fingerprint density at radius 3 is 2.84 bits per heavy atom. The average molecular weight is 431 g/mol. The van der Waals surface area contributed by atoms with Crippen LogP contribution in [0, 0.1) is 0 Å². The zero-order valence-electron chi connectivity index (χ0n) is 18.2. The molecule has 32 heavy (non-hydrogen) atoms. The van der Waals surface area contributed by atoms with Crippen molar-refractivity contribution < 1.29 is 19.0 Å². The van der Waals surface area contributed by atoms with Gasteiger partial charge in [0.2, 0.25) is 0 Å². The highest BCUT2D eigenvalue weighted by Gasteiger charge is 2.29. The van der Waals surface area contributed by atoms with E-state index >= 15 is 0 Å². The number of hydrogen-bond donors (Lipinski definition) is 0. The molecule has 0 bridgehead atoms. The van der Waals surface area contributed by atoms with Gasteiger partial charge < -0.3 is 18.8 Å². The fraction of sp³-hybridized carbons (Fsp3) is 0.308. The van der Waals surface area contributed by atoms with Gasteiger partial charge in [-0.3, -0.25) is 9.59 Å². The highest BCUT2D eigenvalue weighted by atomic mass is 16.5. The lowest BCUT2D eigenvalue weighted by Gasteiger charge is -2.16. The Morgan fingerprint density at radius 2 is 2.03 bits per heavy atom. The first-order valence-electron chi connectivity index (χ1n) is 10.8. The second kappa shape index (κ2) is 8.19. The number of carbonyl (C=O) groups excluding carboxylic acids is 1. The predicted molar refractivity (Wildman–Crippen MR) is 120 cm³/mol. The smallest absolute Gasteiger partial charge is 0.306 e. The average Bonchev–Trinajstić information content (AvgIpc) is 3.39. The molecule has 1 aromatic heterocycles. The van der Waals surface area contributed by atoms with Crippen molar-refractivity contribution in [2.75, 3.05) is 13.7 Å². The maximum Gasteiger partial charge on any atom is 0.306 e. The van der Waals surface area contributed by atoms with Crippen LogP contribution in [0.2, 0.25) is 0 Å². The van der Waals surface area contributed by atoms with E-state index in [1.165, 1.54) is 12.7 Å². The number of aryl methyl sites for hydroxylation is 1. The molecule has 164 valence electrons. The van der Waals surface area contributed by atoms with Crippen molar-refractivity contribution in [1.82, 2.24) is 4.57 Å². The summed E-state index contributed by atoms with van der Waals surface area (Å²) >= 11 is 0. The molecular weight excluding hydrogens is 406 g/mol. The van der Waals surface area contributed by atoms with Crippen LogP contribution in [0.25, 0.3) is 11.1 Å². The Labute approximate surface area is 186 Å². The number of hydrogen-bond acceptors (Lipinski definition) is 5. The van der Waals surface area contributed by atoms with E-state index in [4.69, 9.17) is 14.2 Å². The highest BCUT2D eigenvalue weighted by molar-refractivity contribution is 5.71. The number of methoxy groups -OCH3 is 1. The molecule has 0 N–H and O–H groups in total. The summed E-state index contributed by atoms with van der Waals surface area (Å²) in [7, 11) is 3.15. The minimum Gasteiger partial charge on any atom is -0.492 e. The van der Waals surface area contributed by atoms with Crippen molar-refractivity contribution in [2.24, 2.45) is 7.05 Å². The first-order valence-corrected chi connectivity index (χ1v) is 10.8. The van der Waals surface area contributed by atoms with E-state index in [0.29, 0.717) is 13.0 Å². The van der Waals surface area contributed by atoms with Gasteiger partial charge in [0.05, 0.1) is 20.1 Å². The SMILES string of the molecule is COC(=O)CC1COc2cc(OC3CCc4c(-c5ccn(C)c(=O)c5)cccc43)ccc21. The minimum atomic E-state index is -0.235. The van der Waals surface area contributed by atoms with Gasteiger partial charge in [0.25, 0.3) is 5.56 Å². The van der Waals surface area contributed by atoms with Gasteiger partial charge >= 0.3 is 5.97 Å². The number of rotatable bonds is 5. The molecule has 2 atom stereocenters. The van der Waals surface area contributed by atoms with Crippen LogP contribution in [-0.4, -0.2) is 24.3 Å². The van der Waals surface area contributed by atoms with Crippen LogP contribution in [0.15, 0.2) is 59.5 Å². The van der Waals surface area contributed by atoms with E-state index in [0.717, 1.165) is 46.6 Å². The zero-order valence-corrected chi connectivity index (χ0v) is 18.2. The summed E-state index contributed by atoms with van der Waals surface area (Å²) in [4.78, 5) is 23.7. The third-order valence-electron chi connectivity index (χ3n) is 6.41. The van der Waals surface area contributed by atoms with E-state index in [-0.39, 0.29) is 23.6 Å². The van der Waals surface area contributed by atoms with Crippen LogP contribution in [0.4, 0.5) is 0 Å². The monoisotopic (exact) mass is 431 g/mol. The van der Waals surface area contributed by atoms with Crippen molar-refractivity contribution in [1.29, 1.82) is 0 Å². The van der Waals surface area contributed by atoms with Crippen molar-refractivity contribution in [3.05, 3.63) is 81.8 Å². The Morgan fingerprint density at radius 1 is 1.16 bits per heavy atom. The Kier molecular flexibility index (Phi) is 5.21. The maximum absolute atomic E-state index is 12.1. The summed E-state index contributed by atoms with van der Waals surface area (Å²) in [6.07, 6.45) is 3.83. The van der Waals surface area contributed by atoms with Gasteiger partial charge in [-0.2, -0.15) is 0 Å². The van der Waals surface area contributed by atoms with Gasteiger partial charge in [-0.1, -0.05) is 24.3 Å². The van der Waals surface area contributed by atoms with Gasteiger partial charge in [0, 0.05) is 36.9 Å². The van der Waals surface area contributed by atoms with Gasteiger partial charge in [-0.15, -0.1) is 0 Å². The molecule has 0 saturated carbocycles. The molecule has 6 nitrogen and oxygen atoms in total. The molecule has 1 aliphatic carbocycles. The molecule has 3 aromatic rings. The van der Waals surface area contributed by atoms with Crippen LogP contribution in [-0.2, 0) is 23.0 Å². The van der Waals surface area contributed by atoms with Crippen LogP contribution < -0.4 is 15.0 Å². The molecule has 6 heteroatoms. The number of nitrogens with zero attached hydrogens (tertiary/aromatic N) is 1. The van der Waals surface area contributed by atoms with E-state index in [9.17, 15) is 9.59 Å². The number of carbonyl (C=O) groups is 1. The first kappa shape index (κ1) is 20.4. The molecule has 2 unspecified atom stereocenters. The normalized spacial score (nSPS) is 18.6. The van der Waals surface area contributed by atoms with Gasteiger partial charge in [-0.05, 0) is 47.2 Å². The summed E-state index contributed by atoms with van der Waals surface area (Å²) < 4.78 is 18.5. The Hall–Kier alpha value is -3.54. The van der Waals surface area contributed by atoms with Crippen LogP contribution in [0.5, 0.6) is 11.5 Å². The summed E-state index contributed by atoms with van der Waals surface area (Å²) in [5, 5.41) is 0. The van der Waals surface area contributed by atoms with Gasteiger partial charge in [0.1, 0.15) is 17.6 Å². The molecular formula is C26H25NO5. The fourth-order valence-electron chi connectivity index (χ4n) is 4.67. The predicted octanol–water partition coefficient (Wildman–Crippen LogP) is 4.16. The molecule has 1 aliphatic heterocycles. The van der Waals surface area contributed by atoms with Crippen LogP contribution >= 0.6 is 0 Å². The number of benzene rings is 2. The number of esters is 1. The third kappa shape index (κ3) is 3.66. The van der Waals surface area contributed by atoms with E-state index in [1.807, 2.05) is 30.3 Å². The summed E-state index contributed by atoms with van der Waals surface area (Å²) in [5.41, 5.74) is 5.42. The second-order valence-corrected chi connectivity index (χ2v) is 8.37. The lowest BCUT2D eigenvalue weighted by molar-refractivity contribution is -0.141. The van der Waals surface area contributed by atoms with E-state index in [1.54, 1.807) is 23.9 Å². The van der Waals surface area contributed by atoms with Crippen LogP contribution in [0.3, 0.4) is 0 Å². The highest BCUT2D eigenvalue weighted by Crippen LogP contribution is 2.42. The number of aromatic nitrogens is 1. The molecule has 0 amide bonds. The largest absolute Gasteiger partial charge is 0.492 e. The van der Waals surface area contributed by atoms with Crippen molar-refractivity contribution in [2.45, 2.75) is 31.3 Å². The molecule has 0 radical (unpaired) electrons. The van der Waals surface area contributed by atoms with E-state index < -0.39 is 0 Å². The second-order valence-electron chi connectivity index (χ2n) is 8.37. The quantitative estimate of drug-likeness (QED) is 0.568. The van der Waals surface area contributed by atoms with Gasteiger partial charge in [-0.25, -0.2) is 0 Å². The maximum atomic E-state index is 12.1. The third-order valence-corrected chi connectivity index (χ3v) is 6.41. The standard InChI is InChI=1S/C26H25NO5/c1-27-11-10-16(12-25(27)28)19-4-3-5-22-21(19)8-9-23(22)32-18-6-7-20-17(13-26(29)30-2)15-31-24(20)14-18/h3-7,10-12,14,17,23H,8-9,13,15H2,1-2H3. The molecule has 2 heterocycles. The molecule has 2 aromatic carbocycles. The molecule has 0 fully saturated rings. The summed E-state index contributed by atoms with van der Waals surface area (Å²) in [5.74, 6) is 1.30. The van der Waals surface area contributed by atoms with Crippen molar-refractivity contribution in [3.63, 3.8) is 0 Å². The van der Waals surface area contributed by atoms with Gasteiger partial charge in [0.15, 0.2) is 0 Å². The number of pyridine rings is 1.